The second-order valence-electron chi connectivity index (χ2n) is 4.68. The van der Waals surface area contributed by atoms with Crippen molar-refractivity contribution in [1.29, 1.82) is 0 Å². The summed E-state index contributed by atoms with van der Waals surface area (Å²) in [6, 6.07) is 2.23. The summed E-state index contributed by atoms with van der Waals surface area (Å²) in [6.45, 7) is 12.1. The Morgan fingerprint density at radius 3 is 1.14 bits per heavy atom. The molecule has 0 atom stereocenters. The average molecular weight is 359 g/mol. The summed E-state index contributed by atoms with van der Waals surface area (Å²) >= 11 is 0. The standard InChI is InChI=1S/C12H30O6SSi2/c1-7-15-20(9-3,10-4)17-19(13,14)18-21(11-5,12-6)16-8-2/h7-12H2,1-6H3. The van der Waals surface area contributed by atoms with Gasteiger partial charge in [0.05, 0.1) is 0 Å². The van der Waals surface area contributed by atoms with Crippen LogP contribution in [0.4, 0.5) is 0 Å². The van der Waals surface area contributed by atoms with Crippen molar-refractivity contribution >= 4 is 27.5 Å². The van der Waals surface area contributed by atoms with Crippen LogP contribution in [0.5, 0.6) is 0 Å². The molecule has 0 fully saturated rings. The summed E-state index contributed by atoms with van der Waals surface area (Å²) in [5.41, 5.74) is 0. The molecule has 0 saturated carbocycles. The van der Waals surface area contributed by atoms with E-state index < -0.39 is 27.5 Å². The molecule has 0 bridgehead atoms. The zero-order valence-corrected chi connectivity index (χ0v) is 16.9. The van der Waals surface area contributed by atoms with Gasteiger partial charge < -0.3 is 8.85 Å². The molecule has 0 aliphatic rings. The van der Waals surface area contributed by atoms with E-state index in [1.807, 2.05) is 41.5 Å². The third-order valence-electron chi connectivity index (χ3n) is 3.48. The molecule has 0 heterocycles. The van der Waals surface area contributed by atoms with Gasteiger partial charge in [-0.3, -0.25) is 7.74 Å². The lowest BCUT2D eigenvalue weighted by molar-refractivity contribution is 0.218. The molecule has 21 heavy (non-hydrogen) atoms. The molecule has 128 valence electrons. The molecular formula is C12H30O6SSi2. The highest BCUT2D eigenvalue weighted by Crippen LogP contribution is 2.26. The monoisotopic (exact) mass is 358 g/mol. The molecule has 0 spiro atoms. The molecule has 0 aromatic carbocycles. The SMILES string of the molecule is CCO[Si](CC)(CC)OS(=O)(=O)O[Si](CC)(CC)OCC. The van der Waals surface area contributed by atoms with Crippen LogP contribution in [0.25, 0.3) is 0 Å². The van der Waals surface area contributed by atoms with E-state index >= 15 is 0 Å². The maximum atomic E-state index is 12.3. The smallest absolute Gasteiger partial charge is 0.384 e. The molecule has 0 N–H and O–H groups in total. The van der Waals surface area contributed by atoms with Crippen LogP contribution in [-0.2, 0) is 27.0 Å². The largest absolute Gasteiger partial charge is 0.394 e. The van der Waals surface area contributed by atoms with E-state index in [2.05, 4.69) is 0 Å². The van der Waals surface area contributed by atoms with E-state index in [1.54, 1.807) is 0 Å². The highest BCUT2D eigenvalue weighted by Gasteiger charge is 2.45. The highest BCUT2D eigenvalue weighted by molar-refractivity contribution is 7.84. The topological polar surface area (TPSA) is 71.1 Å². The highest BCUT2D eigenvalue weighted by atomic mass is 32.3. The summed E-state index contributed by atoms with van der Waals surface area (Å²) in [6.07, 6.45) is 0. The Hall–Kier alpha value is 0.224. The number of hydrogen-bond donors (Lipinski definition) is 0. The second kappa shape index (κ2) is 9.38. The normalized spacial score (nSPS) is 13.6. The van der Waals surface area contributed by atoms with Gasteiger partial charge in [0.1, 0.15) is 0 Å². The Labute approximate surface area is 132 Å². The van der Waals surface area contributed by atoms with Crippen LogP contribution in [0.2, 0.25) is 24.2 Å². The maximum absolute atomic E-state index is 12.3. The zero-order valence-electron chi connectivity index (χ0n) is 14.1. The molecule has 0 radical (unpaired) electrons. The predicted octanol–water partition coefficient (Wildman–Crippen LogP) is 3.30. The van der Waals surface area contributed by atoms with Crippen LogP contribution in [-0.4, -0.2) is 38.8 Å². The number of rotatable bonds is 12. The molecule has 0 aliphatic heterocycles. The minimum Gasteiger partial charge on any atom is -0.394 e. The Kier molecular flexibility index (Phi) is 9.48. The van der Waals surface area contributed by atoms with Gasteiger partial charge in [0.2, 0.25) is 0 Å². The molecule has 0 aromatic heterocycles. The van der Waals surface area contributed by atoms with Crippen LogP contribution < -0.4 is 0 Å². The first-order valence-corrected chi connectivity index (χ1v) is 13.5. The predicted molar refractivity (Wildman–Crippen MR) is 87.8 cm³/mol. The Morgan fingerprint density at radius 1 is 0.667 bits per heavy atom. The quantitative estimate of drug-likeness (QED) is 0.498. The van der Waals surface area contributed by atoms with E-state index in [-0.39, 0.29) is 0 Å². The number of hydrogen-bond acceptors (Lipinski definition) is 6. The molecule has 6 nitrogen and oxygen atoms in total. The molecule has 0 saturated heterocycles. The summed E-state index contributed by atoms with van der Waals surface area (Å²) in [5.74, 6) is 0. The van der Waals surface area contributed by atoms with Crippen LogP contribution >= 0.6 is 0 Å². The van der Waals surface area contributed by atoms with Crippen LogP contribution in [0, 0.1) is 0 Å². The third-order valence-corrected chi connectivity index (χ3v) is 13.5. The molecule has 9 heteroatoms. The van der Waals surface area contributed by atoms with Gasteiger partial charge >= 0.3 is 27.5 Å². The van der Waals surface area contributed by atoms with Crippen LogP contribution in [0.3, 0.4) is 0 Å². The molecule has 0 aliphatic carbocycles. The van der Waals surface area contributed by atoms with Gasteiger partial charge in [-0.1, -0.05) is 27.7 Å². The zero-order chi connectivity index (χ0) is 16.6. The lowest BCUT2D eigenvalue weighted by atomic mass is 10.9. The van der Waals surface area contributed by atoms with Crippen molar-refractivity contribution in [2.45, 2.75) is 65.7 Å². The lowest BCUT2D eigenvalue weighted by Crippen LogP contribution is -2.48. The second-order valence-corrected chi connectivity index (χ2v) is 13.9. The van der Waals surface area contributed by atoms with Crippen molar-refractivity contribution in [3.05, 3.63) is 0 Å². The molecule has 0 unspecified atom stereocenters. The van der Waals surface area contributed by atoms with Gasteiger partial charge in [-0.25, -0.2) is 0 Å². The van der Waals surface area contributed by atoms with E-state index in [1.165, 1.54) is 0 Å². The average Bonchev–Trinajstić information content (AvgIpc) is 2.45. The van der Waals surface area contributed by atoms with Crippen molar-refractivity contribution < 1.29 is 25.0 Å². The van der Waals surface area contributed by atoms with E-state index in [9.17, 15) is 8.42 Å². The van der Waals surface area contributed by atoms with E-state index in [4.69, 9.17) is 16.6 Å². The fraction of sp³-hybridized carbons (Fsp3) is 1.00. The Balaban J connectivity index is 5.19. The van der Waals surface area contributed by atoms with Gasteiger partial charge in [0.25, 0.3) is 0 Å². The Bertz CT molecular complexity index is 349. The van der Waals surface area contributed by atoms with Crippen LogP contribution in [0.1, 0.15) is 41.5 Å². The van der Waals surface area contributed by atoms with Gasteiger partial charge in [0, 0.05) is 13.2 Å². The summed E-state index contributed by atoms with van der Waals surface area (Å²) in [4.78, 5) is 0. The first-order valence-electron chi connectivity index (χ1n) is 7.72. The van der Waals surface area contributed by atoms with Crippen LogP contribution in [0.15, 0.2) is 0 Å². The van der Waals surface area contributed by atoms with Gasteiger partial charge in [-0.05, 0) is 38.0 Å². The van der Waals surface area contributed by atoms with Gasteiger partial charge in [0.15, 0.2) is 0 Å². The summed E-state index contributed by atoms with van der Waals surface area (Å²) < 4.78 is 46.7. The minimum absolute atomic E-state index is 0.430. The Morgan fingerprint density at radius 2 is 0.952 bits per heavy atom. The van der Waals surface area contributed by atoms with E-state index in [0.717, 1.165) is 0 Å². The molecule has 0 rings (SSSR count). The van der Waals surface area contributed by atoms with Gasteiger partial charge in [-0.2, -0.15) is 8.42 Å². The van der Waals surface area contributed by atoms with Crippen molar-refractivity contribution in [2.75, 3.05) is 13.2 Å². The molecular weight excluding hydrogens is 328 g/mol. The van der Waals surface area contributed by atoms with E-state index in [0.29, 0.717) is 37.4 Å². The fourth-order valence-electron chi connectivity index (χ4n) is 2.11. The van der Waals surface area contributed by atoms with Crippen molar-refractivity contribution in [3.63, 3.8) is 0 Å². The molecule has 0 amide bonds. The van der Waals surface area contributed by atoms with Crippen molar-refractivity contribution in [3.8, 4) is 0 Å². The fourth-order valence-corrected chi connectivity index (χ4v) is 10.7. The summed E-state index contributed by atoms with van der Waals surface area (Å²) in [7, 11) is -9.66. The summed E-state index contributed by atoms with van der Waals surface area (Å²) in [5, 5.41) is 0. The first-order chi connectivity index (χ1) is 9.78. The third kappa shape index (κ3) is 6.47. The van der Waals surface area contributed by atoms with Gasteiger partial charge in [-0.15, -0.1) is 0 Å². The van der Waals surface area contributed by atoms with Crippen molar-refractivity contribution in [1.82, 2.24) is 0 Å². The first kappa shape index (κ1) is 21.2. The maximum Gasteiger partial charge on any atom is 0.384 e. The minimum atomic E-state index is -4.12. The molecule has 0 aromatic rings. The van der Waals surface area contributed by atoms with Crippen molar-refractivity contribution in [2.24, 2.45) is 0 Å². The lowest BCUT2D eigenvalue weighted by Gasteiger charge is -2.31.